The summed E-state index contributed by atoms with van der Waals surface area (Å²) < 4.78 is 32.3. The maximum Gasteiger partial charge on any atom is 0.344 e. The Kier molecular flexibility index (Phi) is 12.1. The summed E-state index contributed by atoms with van der Waals surface area (Å²) in [4.78, 5) is 73.2. The van der Waals surface area contributed by atoms with Crippen molar-refractivity contribution < 1.29 is 52.4 Å². The average Bonchev–Trinajstić information content (AvgIpc) is 3.48. The van der Waals surface area contributed by atoms with Crippen LogP contribution < -0.4 is 0 Å². The van der Waals surface area contributed by atoms with E-state index in [1.807, 2.05) is 0 Å². The Bertz CT molecular complexity index is 1590. The van der Waals surface area contributed by atoms with Crippen molar-refractivity contribution in [3.05, 3.63) is 69.2 Å². The largest absolute Gasteiger partial charge is 0.465 e. The van der Waals surface area contributed by atoms with E-state index in [1.165, 1.54) is 11.8 Å². The lowest BCUT2D eigenvalue weighted by atomic mass is 9.92. The van der Waals surface area contributed by atoms with Gasteiger partial charge in [0.2, 0.25) is 5.90 Å². The lowest BCUT2D eigenvalue weighted by Gasteiger charge is -2.37. The Morgan fingerprint density at radius 1 is 0.936 bits per heavy atom. The van der Waals surface area contributed by atoms with Gasteiger partial charge in [0, 0.05) is 12.6 Å². The number of carbonyl (C=O) groups is 5. The van der Waals surface area contributed by atoms with E-state index in [4.69, 9.17) is 40.6 Å². The van der Waals surface area contributed by atoms with E-state index < -0.39 is 63.4 Å². The van der Waals surface area contributed by atoms with Gasteiger partial charge in [-0.15, -0.1) is 0 Å². The van der Waals surface area contributed by atoms with Gasteiger partial charge in [0.25, 0.3) is 5.72 Å². The van der Waals surface area contributed by atoms with E-state index in [1.54, 1.807) is 58.0 Å². The third-order valence-corrected chi connectivity index (χ3v) is 8.02. The third kappa shape index (κ3) is 7.73. The molecule has 1 spiro atoms. The Morgan fingerprint density at radius 2 is 1.55 bits per heavy atom. The van der Waals surface area contributed by atoms with Gasteiger partial charge in [-0.25, -0.2) is 29.0 Å². The molecule has 1 saturated heterocycles. The summed E-state index contributed by atoms with van der Waals surface area (Å²) in [7, 11) is 3.26. The summed E-state index contributed by atoms with van der Waals surface area (Å²) in [5.74, 6) is -5.55. The fraction of sp³-hybridized carbons (Fsp3) is 0.406. The van der Waals surface area contributed by atoms with Crippen molar-refractivity contribution >= 4 is 64.0 Å². The number of methoxy groups -OCH3 is 3. The molecule has 0 aliphatic carbocycles. The normalized spacial score (nSPS) is 19.8. The molecule has 2 aliphatic heterocycles. The maximum absolute atomic E-state index is 13.9. The molecule has 0 amide bonds. The summed E-state index contributed by atoms with van der Waals surface area (Å²) >= 11 is 6.60. The molecule has 2 heterocycles. The molecule has 2 aliphatic rings. The Labute approximate surface area is 281 Å². The number of hydrogen-bond acceptors (Lipinski definition) is 14. The van der Waals surface area contributed by atoms with Crippen molar-refractivity contribution in [2.75, 3.05) is 34.5 Å². The van der Waals surface area contributed by atoms with Crippen LogP contribution >= 0.6 is 24.0 Å². The summed E-state index contributed by atoms with van der Waals surface area (Å²) in [5, 5.41) is 0. The van der Waals surface area contributed by atoms with E-state index in [9.17, 15) is 24.0 Å². The number of thioether (sulfide) groups is 1. The zero-order valence-electron chi connectivity index (χ0n) is 27.3. The summed E-state index contributed by atoms with van der Waals surface area (Å²) in [6.45, 7) is 8.08. The van der Waals surface area contributed by atoms with Crippen molar-refractivity contribution in [3.63, 3.8) is 0 Å². The molecule has 0 aromatic heterocycles. The smallest absolute Gasteiger partial charge is 0.344 e. The van der Waals surface area contributed by atoms with Crippen LogP contribution in [-0.4, -0.2) is 90.8 Å². The number of aliphatic imine (C=N–C) groups is 1. The molecule has 15 heteroatoms. The molecule has 13 nitrogen and oxygen atoms in total. The second kappa shape index (κ2) is 15.4. The average molecular weight is 689 g/mol. The van der Waals surface area contributed by atoms with Gasteiger partial charge in [-0.05, 0) is 40.2 Å². The zero-order chi connectivity index (χ0) is 35.1. The van der Waals surface area contributed by atoms with E-state index >= 15 is 0 Å². The van der Waals surface area contributed by atoms with Crippen molar-refractivity contribution in [1.82, 2.24) is 4.90 Å². The van der Waals surface area contributed by atoms with Crippen LogP contribution in [-0.2, 0) is 58.9 Å². The van der Waals surface area contributed by atoms with Gasteiger partial charge in [-0.2, -0.15) is 0 Å². The van der Waals surface area contributed by atoms with Crippen molar-refractivity contribution in [2.45, 2.75) is 52.4 Å². The highest BCUT2D eigenvalue weighted by atomic mass is 32.2. The van der Waals surface area contributed by atoms with Crippen LogP contribution in [0.15, 0.2) is 68.6 Å². The van der Waals surface area contributed by atoms with E-state index in [-0.39, 0.29) is 34.9 Å². The fourth-order valence-corrected chi connectivity index (χ4v) is 6.29. The summed E-state index contributed by atoms with van der Waals surface area (Å²) in [6, 6.07) is 8.95. The minimum absolute atomic E-state index is 0.0291. The number of carbonyl (C=O) groups excluding carboxylic acids is 5. The first-order chi connectivity index (χ1) is 22.2. The molecule has 0 bridgehead atoms. The van der Waals surface area contributed by atoms with Gasteiger partial charge in [0.1, 0.15) is 15.5 Å². The van der Waals surface area contributed by atoms with Crippen LogP contribution in [0.4, 0.5) is 0 Å². The van der Waals surface area contributed by atoms with E-state index in [0.717, 1.165) is 39.2 Å². The Hall–Kier alpha value is -4.50. The first kappa shape index (κ1) is 37.0. The van der Waals surface area contributed by atoms with Crippen molar-refractivity contribution in [3.8, 4) is 0 Å². The predicted molar refractivity (Wildman–Crippen MR) is 175 cm³/mol. The van der Waals surface area contributed by atoms with Gasteiger partial charge in [-0.3, -0.25) is 0 Å². The Balaban J connectivity index is 2.65. The van der Waals surface area contributed by atoms with Gasteiger partial charge >= 0.3 is 29.8 Å². The number of rotatable bonds is 10. The van der Waals surface area contributed by atoms with E-state index in [0.29, 0.717) is 5.56 Å². The minimum atomic E-state index is -2.26. The zero-order valence-corrected chi connectivity index (χ0v) is 28.9. The van der Waals surface area contributed by atoms with Crippen molar-refractivity contribution in [1.29, 1.82) is 0 Å². The molecule has 252 valence electrons. The Morgan fingerprint density at radius 3 is 2.09 bits per heavy atom. The molecule has 0 radical (unpaired) electrons. The first-order valence-corrected chi connectivity index (χ1v) is 15.6. The standard InChI is InChI=1S/C32H36N2O11S2/c1-9-43-20(35)16-19(26(36)44-10-2)21(27(37)40-6)24-32(34(30(46)47-24)17-18-14-12-11-13-15-18)23(29(39)42-8)22(28(38)41-7)25(45-32)33-31(3,4)5/h11-16H,9-10,17H2,1-8H3. The van der Waals surface area contributed by atoms with Crippen LogP contribution in [0.2, 0.25) is 0 Å². The number of nitrogens with zero attached hydrogens (tertiary/aromatic N) is 2. The van der Waals surface area contributed by atoms with E-state index in [2.05, 4.69) is 4.99 Å². The first-order valence-electron chi connectivity index (χ1n) is 14.3. The van der Waals surface area contributed by atoms with Crippen molar-refractivity contribution in [2.24, 2.45) is 4.99 Å². The molecule has 47 heavy (non-hydrogen) atoms. The number of thiocarbonyl (C=S) groups is 1. The minimum Gasteiger partial charge on any atom is -0.465 e. The SMILES string of the molecule is CCOC(=O)C=C(C(=O)OCC)C(C(=O)OC)=C1SC(=S)N(Cc2ccccc2)C12OC(=NC(C)(C)C)C(C(=O)OC)=C2C(=O)OC. The van der Waals surface area contributed by atoms with Crippen LogP contribution in [0.1, 0.15) is 40.2 Å². The number of hydrogen-bond donors (Lipinski definition) is 0. The second-order valence-corrected chi connectivity index (χ2v) is 12.4. The van der Waals surface area contributed by atoms with Gasteiger partial charge < -0.3 is 33.3 Å². The quantitative estimate of drug-likeness (QED) is 0.152. The second-order valence-electron chi connectivity index (χ2n) is 10.7. The molecule has 1 aromatic rings. The lowest BCUT2D eigenvalue weighted by Crippen LogP contribution is -2.50. The topological polar surface area (TPSA) is 156 Å². The maximum atomic E-state index is 13.9. The van der Waals surface area contributed by atoms with Crippen LogP contribution in [0.25, 0.3) is 0 Å². The molecule has 0 N–H and O–H groups in total. The predicted octanol–water partition coefficient (Wildman–Crippen LogP) is 3.57. The third-order valence-electron chi connectivity index (χ3n) is 6.47. The fourth-order valence-electron chi connectivity index (χ4n) is 4.68. The molecule has 0 saturated carbocycles. The highest BCUT2D eigenvalue weighted by molar-refractivity contribution is 8.26. The van der Waals surface area contributed by atoms with Crippen LogP contribution in [0, 0.1) is 0 Å². The summed E-state index contributed by atoms with van der Waals surface area (Å²) in [5.41, 5.74) is -4.38. The monoisotopic (exact) mass is 688 g/mol. The van der Waals surface area contributed by atoms with Crippen LogP contribution in [0.5, 0.6) is 0 Å². The van der Waals surface area contributed by atoms with Gasteiger partial charge in [0.05, 0.1) is 56.1 Å². The van der Waals surface area contributed by atoms with Gasteiger partial charge in [-0.1, -0.05) is 54.3 Å². The number of esters is 5. The highest BCUT2D eigenvalue weighted by Gasteiger charge is 2.65. The van der Waals surface area contributed by atoms with Gasteiger partial charge in [0.15, 0.2) is 0 Å². The lowest BCUT2D eigenvalue weighted by molar-refractivity contribution is -0.142. The molecule has 1 atom stereocenters. The number of benzene rings is 1. The summed E-state index contributed by atoms with van der Waals surface area (Å²) in [6.07, 6.45) is 0.778. The van der Waals surface area contributed by atoms with Crippen LogP contribution in [0.3, 0.4) is 0 Å². The number of ether oxygens (including phenoxy) is 6. The molecule has 3 rings (SSSR count). The molecule has 1 aromatic carbocycles. The molecule has 1 fully saturated rings. The molecular weight excluding hydrogens is 652 g/mol. The molecule has 1 unspecified atom stereocenters. The molecular formula is C32H36N2O11S2. The highest BCUT2D eigenvalue weighted by Crippen LogP contribution is 2.56.